The van der Waals surface area contributed by atoms with E-state index in [1.165, 1.54) is 12.1 Å². The second-order valence-corrected chi connectivity index (χ2v) is 4.42. The average molecular weight is 366 g/mol. The van der Waals surface area contributed by atoms with Gasteiger partial charge in [0, 0.05) is 16.5 Å². The van der Waals surface area contributed by atoms with Gasteiger partial charge in [-0.25, -0.2) is 0 Å². The molecule has 1 aromatic rings. The van der Waals surface area contributed by atoms with E-state index < -0.39 is 24.5 Å². The maximum Gasteiger partial charge on any atom is 0.573 e. The molecule has 0 aliphatic rings. The van der Waals surface area contributed by atoms with Gasteiger partial charge in [-0.2, -0.15) is 5.26 Å². The molecule has 0 unspecified atom stereocenters. The molecule has 8 heteroatoms. The lowest BCUT2D eigenvalue weighted by Gasteiger charge is -2.17. The minimum absolute atomic E-state index is 0.0630. The van der Waals surface area contributed by atoms with Crippen LogP contribution in [0.15, 0.2) is 12.1 Å². The van der Waals surface area contributed by atoms with Crippen LogP contribution in [-0.2, 0) is 21.3 Å². The van der Waals surface area contributed by atoms with E-state index in [1.54, 1.807) is 13.0 Å². The van der Waals surface area contributed by atoms with Gasteiger partial charge in [-0.05, 0) is 13.0 Å². The lowest BCUT2D eigenvalue weighted by atomic mass is 10.0. The van der Waals surface area contributed by atoms with Gasteiger partial charge in [0.15, 0.2) is 0 Å². The number of hydrogen-bond donors (Lipinski definition) is 0. The molecular weight excluding hydrogens is 355 g/mol. The molecule has 0 aromatic heterocycles. The normalized spacial score (nSPS) is 10.9. The van der Waals surface area contributed by atoms with Gasteiger partial charge in [0.05, 0.1) is 24.7 Å². The van der Waals surface area contributed by atoms with Gasteiger partial charge in [0.2, 0.25) is 0 Å². The van der Waals surface area contributed by atoms with E-state index in [9.17, 15) is 18.0 Å². The van der Waals surface area contributed by atoms with Crippen molar-refractivity contribution in [2.75, 3.05) is 6.61 Å². The molecule has 0 aliphatic carbocycles. The van der Waals surface area contributed by atoms with Crippen molar-refractivity contribution in [3.63, 3.8) is 0 Å². The molecule has 21 heavy (non-hydrogen) atoms. The summed E-state index contributed by atoms with van der Waals surface area (Å²) >= 11 is 3.05. The van der Waals surface area contributed by atoms with Gasteiger partial charge < -0.3 is 9.47 Å². The molecule has 4 nitrogen and oxygen atoms in total. The largest absolute Gasteiger partial charge is 0.573 e. The number of carbonyl (C=O) groups excluding carboxylic acids is 1. The number of benzene rings is 1. The van der Waals surface area contributed by atoms with Crippen LogP contribution in [-0.4, -0.2) is 18.9 Å². The quantitative estimate of drug-likeness (QED) is 0.592. The van der Waals surface area contributed by atoms with E-state index in [0.717, 1.165) is 0 Å². The van der Waals surface area contributed by atoms with Gasteiger partial charge >= 0.3 is 12.3 Å². The van der Waals surface area contributed by atoms with Gasteiger partial charge in [0.25, 0.3) is 0 Å². The maximum absolute atomic E-state index is 12.5. The summed E-state index contributed by atoms with van der Waals surface area (Å²) in [5, 5.41) is 9.08. The van der Waals surface area contributed by atoms with Crippen LogP contribution in [0.25, 0.3) is 0 Å². The Morgan fingerprint density at radius 3 is 2.57 bits per heavy atom. The molecule has 0 aliphatic heterocycles. The first kappa shape index (κ1) is 17.3. The highest BCUT2D eigenvalue weighted by molar-refractivity contribution is 9.08. The Hall–Kier alpha value is -1.75. The second kappa shape index (κ2) is 7.31. The first-order chi connectivity index (χ1) is 9.82. The lowest BCUT2D eigenvalue weighted by Crippen LogP contribution is -2.20. The van der Waals surface area contributed by atoms with Crippen LogP contribution in [0.3, 0.4) is 0 Å². The Kier molecular flexibility index (Phi) is 6.03. The van der Waals surface area contributed by atoms with Crippen molar-refractivity contribution >= 4 is 21.9 Å². The number of esters is 1. The number of carbonyl (C=O) groups is 1. The molecule has 0 radical (unpaired) electrons. The summed E-state index contributed by atoms with van der Waals surface area (Å²) in [7, 11) is 0. The Morgan fingerprint density at radius 1 is 1.43 bits per heavy atom. The zero-order valence-electron chi connectivity index (χ0n) is 11.0. The third kappa shape index (κ3) is 4.93. The van der Waals surface area contributed by atoms with Crippen molar-refractivity contribution in [3.8, 4) is 11.8 Å². The smallest absolute Gasteiger partial charge is 0.466 e. The molecule has 0 saturated carbocycles. The molecule has 0 spiro atoms. The lowest BCUT2D eigenvalue weighted by molar-refractivity contribution is -0.275. The summed E-state index contributed by atoms with van der Waals surface area (Å²) in [6.07, 6.45) is -5.39. The number of nitriles is 1. The summed E-state index contributed by atoms with van der Waals surface area (Å²) in [6, 6.07) is 4.43. The van der Waals surface area contributed by atoms with E-state index in [-0.39, 0.29) is 28.6 Å². The van der Waals surface area contributed by atoms with Crippen molar-refractivity contribution < 1.29 is 27.4 Å². The first-order valence-electron chi connectivity index (χ1n) is 5.84. The summed E-state index contributed by atoms with van der Waals surface area (Å²) in [5.74, 6) is -1.26. The Bertz CT molecular complexity index is 567. The van der Waals surface area contributed by atoms with E-state index in [0.29, 0.717) is 0 Å². The number of halogens is 4. The van der Waals surface area contributed by atoms with Crippen LogP contribution < -0.4 is 4.74 Å². The fourth-order valence-corrected chi connectivity index (χ4v) is 2.10. The molecule has 0 N–H and O–H groups in total. The molecular formula is C13H11BrF3NO3. The van der Waals surface area contributed by atoms with Gasteiger partial charge in [0.1, 0.15) is 5.75 Å². The van der Waals surface area contributed by atoms with E-state index in [2.05, 4.69) is 20.7 Å². The molecule has 114 valence electrons. The van der Waals surface area contributed by atoms with E-state index in [4.69, 9.17) is 10.00 Å². The minimum Gasteiger partial charge on any atom is -0.466 e. The Labute approximate surface area is 127 Å². The minimum atomic E-state index is -4.92. The zero-order valence-corrected chi connectivity index (χ0v) is 12.5. The summed E-state index contributed by atoms with van der Waals surface area (Å²) < 4.78 is 46.3. The Morgan fingerprint density at radius 2 is 2.10 bits per heavy atom. The van der Waals surface area contributed by atoms with Gasteiger partial charge in [-0.1, -0.05) is 22.0 Å². The molecule has 0 atom stereocenters. The molecule has 0 bridgehead atoms. The molecule has 0 heterocycles. The van der Waals surface area contributed by atoms with Crippen LogP contribution in [0, 0.1) is 11.3 Å². The van der Waals surface area contributed by atoms with Crippen molar-refractivity contribution in [2.24, 2.45) is 0 Å². The standard InChI is InChI=1S/C13H11BrF3NO3/c1-2-20-11(19)5-10-9(7-18)4-3-8(6-14)12(10)21-13(15,16)17/h3-4H,2,5-6H2,1H3. The van der Waals surface area contributed by atoms with Crippen LogP contribution in [0.5, 0.6) is 5.75 Å². The summed E-state index contributed by atoms with van der Waals surface area (Å²) in [5.41, 5.74) is -0.0112. The average Bonchev–Trinajstić information content (AvgIpc) is 2.39. The predicted molar refractivity (Wildman–Crippen MR) is 70.8 cm³/mol. The summed E-state index contributed by atoms with van der Waals surface area (Å²) in [4.78, 5) is 11.5. The number of ether oxygens (including phenoxy) is 2. The van der Waals surface area contributed by atoms with Crippen LogP contribution in [0.2, 0.25) is 0 Å². The Balaban J connectivity index is 3.34. The highest BCUT2D eigenvalue weighted by Crippen LogP contribution is 2.34. The molecule has 1 aromatic carbocycles. The highest BCUT2D eigenvalue weighted by atomic mass is 79.9. The fraction of sp³-hybridized carbons (Fsp3) is 0.385. The van der Waals surface area contributed by atoms with Crippen molar-refractivity contribution in [1.29, 1.82) is 5.26 Å². The number of alkyl halides is 4. The van der Waals surface area contributed by atoms with Crippen LogP contribution in [0.4, 0.5) is 13.2 Å². The monoisotopic (exact) mass is 365 g/mol. The highest BCUT2D eigenvalue weighted by Gasteiger charge is 2.34. The fourth-order valence-electron chi connectivity index (χ4n) is 1.66. The molecule has 0 fully saturated rings. The molecule has 1 rings (SSSR count). The third-order valence-corrected chi connectivity index (χ3v) is 3.05. The molecule has 0 amide bonds. The SMILES string of the molecule is CCOC(=O)Cc1c(C#N)ccc(CBr)c1OC(F)(F)F. The topological polar surface area (TPSA) is 59.3 Å². The third-order valence-electron chi connectivity index (χ3n) is 2.45. The first-order valence-corrected chi connectivity index (χ1v) is 6.96. The van der Waals surface area contributed by atoms with Crippen LogP contribution in [0.1, 0.15) is 23.6 Å². The van der Waals surface area contributed by atoms with E-state index in [1.807, 2.05) is 0 Å². The summed E-state index contributed by atoms with van der Waals surface area (Å²) in [6.45, 7) is 1.67. The van der Waals surface area contributed by atoms with Gasteiger partial charge in [-0.3, -0.25) is 4.79 Å². The van der Waals surface area contributed by atoms with E-state index >= 15 is 0 Å². The van der Waals surface area contributed by atoms with Crippen molar-refractivity contribution in [3.05, 3.63) is 28.8 Å². The predicted octanol–water partition coefficient (Wildman–Crippen LogP) is 3.46. The van der Waals surface area contributed by atoms with Crippen molar-refractivity contribution in [1.82, 2.24) is 0 Å². The molecule has 0 saturated heterocycles. The van der Waals surface area contributed by atoms with Gasteiger partial charge in [-0.15, -0.1) is 13.2 Å². The number of rotatable bonds is 5. The number of hydrogen-bond acceptors (Lipinski definition) is 4. The van der Waals surface area contributed by atoms with Crippen LogP contribution >= 0.6 is 15.9 Å². The number of nitrogens with zero attached hydrogens (tertiary/aromatic N) is 1. The second-order valence-electron chi connectivity index (χ2n) is 3.85. The zero-order chi connectivity index (χ0) is 16.0. The maximum atomic E-state index is 12.5. The van der Waals surface area contributed by atoms with Crippen molar-refractivity contribution in [2.45, 2.75) is 25.0 Å².